The highest BCUT2D eigenvalue weighted by Crippen LogP contribution is 2.37. The summed E-state index contributed by atoms with van der Waals surface area (Å²) in [6.45, 7) is 0. The van der Waals surface area contributed by atoms with Gasteiger partial charge in [-0.1, -0.05) is 23.9 Å². The molecule has 1 amide bonds. The quantitative estimate of drug-likeness (QED) is 0.485. The molecule has 0 spiro atoms. The van der Waals surface area contributed by atoms with Gasteiger partial charge in [0.25, 0.3) is 5.56 Å². The van der Waals surface area contributed by atoms with Gasteiger partial charge >= 0.3 is 5.51 Å². The molecule has 140 valence electrons. The lowest BCUT2D eigenvalue weighted by molar-refractivity contribution is -0.113. The largest absolute Gasteiger partial charge is 0.446 e. The van der Waals surface area contributed by atoms with E-state index in [-0.39, 0.29) is 33.9 Å². The number of H-pyrrole nitrogens is 1. The first-order valence-corrected chi connectivity index (χ1v) is 9.38. The number of nitrogens with zero attached hydrogens (tertiary/aromatic N) is 1. The molecule has 3 rings (SSSR count). The van der Waals surface area contributed by atoms with Gasteiger partial charge in [-0.05, 0) is 48.2 Å². The molecule has 0 bridgehead atoms. The number of amides is 1. The summed E-state index contributed by atoms with van der Waals surface area (Å²) in [4.78, 5) is 30.9. The van der Waals surface area contributed by atoms with Crippen molar-refractivity contribution in [1.82, 2.24) is 9.97 Å². The van der Waals surface area contributed by atoms with E-state index in [0.717, 1.165) is 11.8 Å². The molecule has 0 fully saturated rings. The van der Waals surface area contributed by atoms with Gasteiger partial charge in [-0.2, -0.15) is 13.2 Å². The third-order valence-corrected chi connectivity index (χ3v) is 4.92. The predicted molar refractivity (Wildman–Crippen MR) is 100 cm³/mol. The second kappa shape index (κ2) is 8.05. The van der Waals surface area contributed by atoms with Crippen LogP contribution >= 0.6 is 23.5 Å². The molecule has 0 unspecified atom stereocenters. The first kappa shape index (κ1) is 19.3. The van der Waals surface area contributed by atoms with E-state index in [9.17, 15) is 22.8 Å². The fourth-order valence-corrected chi connectivity index (χ4v) is 3.41. The van der Waals surface area contributed by atoms with Crippen LogP contribution in [0.4, 0.5) is 18.9 Å². The number of halogens is 3. The molecule has 2 N–H and O–H groups in total. The minimum Gasteiger partial charge on any atom is -0.325 e. The van der Waals surface area contributed by atoms with E-state index in [1.165, 1.54) is 24.3 Å². The predicted octanol–water partition coefficient (Wildman–Crippen LogP) is 4.27. The zero-order valence-electron chi connectivity index (χ0n) is 13.5. The third-order valence-electron chi connectivity index (χ3n) is 3.30. The summed E-state index contributed by atoms with van der Waals surface area (Å²) in [5.74, 6) is -0.382. The number of aromatic nitrogens is 2. The van der Waals surface area contributed by atoms with Gasteiger partial charge < -0.3 is 10.3 Å². The Bertz CT molecular complexity index is 1020. The number of aromatic amines is 1. The van der Waals surface area contributed by atoms with Crippen LogP contribution in [0.15, 0.2) is 63.4 Å². The summed E-state index contributed by atoms with van der Waals surface area (Å²) in [7, 11) is 0. The van der Waals surface area contributed by atoms with Crippen LogP contribution in [-0.2, 0) is 4.79 Å². The monoisotopic (exact) mass is 411 g/mol. The first-order chi connectivity index (χ1) is 12.8. The lowest BCUT2D eigenvalue weighted by Gasteiger charge is -2.08. The van der Waals surface area contributed by atoms with Crippen LogP contribution < -0.4 is 10.9 Å². The number of rotatable bonds is 5. The van der Waals surface area contributed by atoms with E-state index >= 15 is 0 Å². The number of fused-ring (bicyclic) bond motifs is 1. The van der Waals surface area contributed by atoms with Crippen LogP contribution in [0, 0.1) is 0 Å². The summed E-state index contributed by atoms with van der Waals surface area (Å²) in [6.07, 6.45) is 0. The van der Waals surface area contributed by atoms with Crippen molar-refractivity contribution in [1.29, 1.82) is 0 Å². The Morgan fingerprint density at radius 2 is 1.81 bits per heavy atom. The highest BCUT2D eigenvalue weighted by atomic mass is 32.2. The average molecular weight is 411 g/mol. The molecule has 0 saturated heterocycles. The van der Waals surface area contributed by atoms with Gasteiger partial charge in [-0.25, -0.2) is 4.98 Å². The maximum absolute atomic E-state index is 12.3. The number of alkyl halides is 3. The van der Waals surface area contributed by atoms with Gasteiger partial charge in [-0.15, -0.1) is 0 Å². The van der Waals surface area contributed by atoms with Crippen molar-refractivity contribution in [3.63, 3.8) is 0 Å². The Morgan fingerprint density at radius 3 is 2.52 bits per heavy atom. The zero-order chi connectivity index (χ0) is 19.4. The van der Waals surface area contributed by atoms with E-state index in [1.807, 2.05) is 0 Å². The van der Waals surface area contributed by atoms with Crippen molar-refractivity contribution >= 4 is 46.0 Å². The van der Waals surface area contributed by atoms with Crippen molar-refractivity contribution in [3.05, 3.63) is 58.9 Å². The molecular formula is C17H12F3N3O2S2. The standard InChI is InChI=1S/C17H12F3N3O2S2/c18-17(19,20)27-11-7-5-10(6-8-11)21-14(24)9-26-16-22-13-4-2-1-3-12(13)15(25)23-16/h1-8H,9H2,(H,21,24)(H,22,23,25). The van der Waals surface area contributed by atoms with Crippen LogP contribution in [0.2, 0.25) is 0 Å². The Labute approximate surface area is 159 Å². The molecule has 0 aliphatic heterocycles. The second-order valence-electron chi connectivity index (χ2n) is 5.30. The number of thioether (sulfide) groups is 2. The SMILES string of the molecule is O=C(CSc1nc2ccccc2c(=O)[nH]1)Nc1ccc(SC(F)(F)F)cc1. The molecule has 5 nitrogen and oxygen atoms in total. The van der Waals surface area contributed by atoms with Crippen molar-refractivity contribution in [2.24, 2.45) is 0 Å². The van der Waals surface area contributed by atoms with Crippen LogP contribution in [-0.4, -0.2) is 27.1 Å². The molecule has 0 aliphatic rings. The Balaban J connectivity index is 1.59. The number of nitrogens with one attached hydrogen (secondary N) is 2. The molecule has 0 saturated carbocycles. The smallest absolute Gasteiger partial charge is 0.325 e. The minimum absolute atomic E-state index is 0.0136. The van der Waals surface area contributed by atoms with Crippen molar-refractivity contribution in [2.75, 3.05) is 11.1 Å². The number of benzene rings is 2. The van der Waals surface area contributed by atoms with Crippen LogP contribution in [0.3, 0.4) is 0 Å². The fourth-order valence-electron chi connectivity index (χ4n) is 2.20. The summed E-state index contributed by atoms with van der Waals surface area (Å²) in [5.41, 5.74) is -3.74. The summed E-state index contributed by atoms with van der Waals surface area (Å²) in [5, 5.41) is 3.36. The van der Waals surface area contributed by atoms with Gasteiger partial charge in [0.2, 0.25) is 5.91 Å². The van der Waals surface area contributed by atoms with Crippen LogP contribution in [0.1, 0.15) is 0 Å². The number of para-hydroxylation sites is 1. The van der Waals surface area contributed by atoms with Gasteiger partial charge in [0.05, 0.1) is 16.7 Å². The molecule has 2 aromatic carbocycles. The normalized spacial score (nSPS) is 11.5. The Morgan fingerprint density at radius 1 is 1.11 bits per heavy atom. The molecule has 1 aromatic heterocycles. The van der Waals surface area contributed by atoms with E-state index in [0.29, 0.717) is 21.7 Å². The minimum atomic E-state index is -4.36. The molecule has 0 radical (unpaired) electrons. The summed E-state index contributed by atoms with van der Waals surface area (Å²) in [6, 6.07) is 12.2. The van der Waals surface area contributed by atoms with E-state index in [2.05, 4.69) is 15.3 Å². The highest BCUT2D eigenvalue weighted by molar-refractivity contribution is 8.00. The molecule has 1 heterocycles. The highest BCUT2D eigenvalue weighted by Gasteiger charge is 2.29. The van der Waals surface area contributed by atoms with E-state index < -0.39 is 5.51 Å². The van der Waals surface area contributed by atoms with Crippen LogP contribution in [0.5, 0.6) is 0 Å². The number of hydrogen-bond donors (Lipinski definition) is 2. The molecular weight excluding hydrogens is 399 g/mol. The maximum atomic E-state index is 12.3. The number of carbonyl (C=O) groups excluding carboxylic acids is 1. The third kappa shape index (κ3) is 5.51. The number of hydrogen-bond acceptors (Lipinski definition) is 5. The van der Waals surface area contributed by atoms with Crippen molar-refractivity contribution in [3.8, 4) is 0 Å². The molecule has 27 heavy (non-hydrogen) atoms. The average Bonchev–Trinajstić information content (AvgIpc) is 2.60. The fraction of sp³-hybridized carbons (Fsp3) is 0.118. The van der Waals surface area contributed by atoms with Gasteiger partial charge in [0, 0.05) is 10.6 Å². The van der Waals surface area contributed by atoms with E-state index in [4.69, 9.17) is 0 Å². The molecule has 0 atom stereocenters. The Hall–Kier alpha value is -2.46. The Kier molecular flexibility index (Phi) is 5.76. The van der Waals surface area contributed by atoms with Gasteiger partial charge in [0.15, 0.2) is 5.16 Å². The van der Waals surface area contributed by atoms with Gasteiger partial charge in [0.1, 0.15) is 0 Å². The van der Waals surface area contributed by atoms with E-state index in [1.54, 1.807) is 24.3 Å². The number of anilines is 1. The lowest BCUT2D eigenvalue weighted by atomic mass is 10.2. The van der Waals surface area contributed by atoms with Crippen molar-refractivity contribution in [2.45, 2.75) is 15.6 Å². The lowest BCUT2D eigenvalue weighted by Crippen LogP contribution is -2.15. The van der Waals surface area contributed by atoms with Crippen molar-refractivity contribution < 1.29 is 18.0 Å². The zero-order valence-corrected chi connectivity index (χ0v) is 15.2. The molecule has 0 aliphatic carbocycles. The summed E-state index contributed by atoms with van der Waals surface area (Å²) >= 11 is 0.835. The molecule has 3 aromatic rings. The maximum Gasteiger partial charge on any atom is 0.446 e. The first-order valence-electron chi connectivity index (χ1n) is 7.58. The van der Waals surface area contributed by atoms with Gasteiger partial charge in [-0.3, -0.25) is 9.59 Å². The summed E-state index contributed by atoms with van der Waals surface area (Å²) < 4.78 is 36.9. The molecule has 10 heteroatoms. The second-order valence-corrected chi connectivity index (χ2v) is 7.40. The number of carbonyl (C=O) groups is 1. The topological polar surface area (TPSA) is 74.8 Å². The van der Waals surface area contributed by atoms with Crippen LogP contribution in [0.25, 0.3) is 10.9 Å².